The number of hydrazine groups is 1. The molecule has 0 aliphatic rings. The van der Waals surface area contributed by atoms with Gasteiger partial charge in [-0.05, 0) is 24.3 Å². The van der Waals surface area contributed by atoms with Crippen molar-refractivity contribution in [1.29, 1.82) is 5.26 Å². The van der Waals surface area contributed by atoms with Crippen molar-refractivity contribution in [2.24, 2.45) is 5.84 Å². The summed E-state index contributed by atoms with van der Waals surface area (Å²) in [7, 11) is 0. The number of hydrogen-bond acceptors (Lipinski definition) is 4. The minimum atomic E-state index is -0.190. The van der Waals surface area contributed by atoms with Crippen LogP contribution in [0.25, 0.3) is 0 Å². The van der Waals surface area contributed by atoms with E-state index in [1.165, 1.54) is 0 Å². The molecule has 1 amide bonds. The third-order valence-electron chi connectivity index (χ3n) is 3.07. The maximum atomic E-state index is 12.8. The SMILES string of the molecule is N#CCCN(C(=O)c1ccccc1NN)c1ccccc1. The topological polar surface area (TPSA) is 82.2 Å². The van der Waals surface area contributed by atoms with E-state index in [1.54, 1.807) is 29.2 Å². The highest BCUT2D eigenvalue weighted by atomic mass is 16.2. The maximum Gasteiger partial charge on any atom is 0.260 e. The van der Waals surface area contributed by atoms with Gasteiger partial charge in [0.1, 0.15) is 0 Å². The summed E-state index contributed by atoms with van der Waals surface area (Å²) in [6.07, 6.45) is 0.263. The van der Waals surface area contributed by atoms with E-state index in [2.05, 4.69) is 11.5 Å². The van der Waals surface area contributed by atoms with Gasteiger partial charge in [-0.3, -0.25) is 10.6 Å². The molecular formula is C16H16N4O. The largest absolute Gasteiger partial charge is 0.323 e. The zero-order valence-corrected chi connectivity index (χ0v) is 11.5. The molecule has 2 aromatic rings. The average Bonchev–Trinajstić information content (AvgIpc) is 2.56. The second-order valence-electron chi connectivity index (χ2n) is 4.39. The highest BCUT2D eigenvalue weighted by Gasteiger charge is 2.19. The fraction of sp³-hybridized carbons (Fsp3) is 0.125. The molecule has 0 aliphatic carbocycles. The number of nitrogen functional groups attached to an aromatic ring is 1. The van der Waals surface area contributed by atoms with Crippen LogP contribution in [0.3, 0.4) is 0 Å². The van der Waals surface area contributed by atoms with Crippen LogP contribution < -0.4 is 16.2 Å². The van der Waals surface area contributed by atoms with Crippen molar-refractivity contribution < 1.29 is 4.79 Å². The smallest absolute Gasteiger partial charge is 0.260 e. The Bertz CT molecular complexity index is 649. The first-order valence-corrected chi connectivity index (χ1v) is 6.57. The lowest BCUT2D eigenvalue weighted by molar-refractivity contribution is 0.0988. The van der Waals surface area contributed by atoms with Crippen LogP contribution in [0.15, 0.2) is 54.6 Å². The van der Waals surface area contributed by atoms with Gasteiger partial charge in [0, 0.05) is 12.2 Å². The van der Waals surface area contributed by atoms with Crippen LogP contribution in [0.5, 0.6) is 0 Å². The summed E-state index contributed by atoms with van der Waals surface area (Å²) in [4.78, 5) is 14.3. The number of benzene rings is 2. The number of hydrogen-bond donors (Lipinski definition) is 2. The van der Waals surface area contributed by atoms with E-state index >= 15 is 0 Å². The van der Waals surface area contributed by atoms with E-state index in [1.807, 2.05) is 30.3 Å². The second kappa shape index (κ2) is 7.08. The number of nitriles is 1. The van der Waals surface area contributed by atoms with Gasteiger partial charge in [-0.25, -0.2) is 0 Å². The molecule has 0 heterocycles. The fourth-order valence-corrected chi connectivity index (χ4v) is 2.06. The van der Waals surface area contributed by atoms with Crippen LogP contribution in [0, 0.1) is 11.3 Å². The molecular weight excluding hydrogens is 264 g/mol. The van der Waals surface area contributed by atoms with Crippen molar-refractivity contribution in [3.63, 3.8) is 0 Å². The summed E-state index contributed by atoms with van der Waals surface area (Å²) in [5.74, 6) is 5.26. The lowest BCUT2D eigenvalue weighted by atomic mass is 10.1. The molecule has 0 fully saturated rings. The van der Waals surface area contributed by atoms with Crippen LogP contribution in [0.4, 0.5) is 11.4 Å². The first-order chi connectivity index (χ1) is 10.3. The molecule has 2 aromatic carbocycles. The molecule has 106 valence electrons. The van der Waals surface area contributed by atoms with Crippen LogP contribution in [-0.4, -0.2) is 12.5 Å². The minimum absolute atomic E-state index is 0.190. The first-order valence-electron chi connectivity index (χ1n) is 6.57. The zero-order chi connectivity index (χ0) is 15.1. The molecule has 0 saturated carbocycles. The van der Waals surface area contributed by atoms with E-state index in [-0.39, 0.29) is 12.3 Å². The zero-order valence-electron chi connectivity index (χ0n) is 11.5. The molecule has 21 heavy (non-hydrogen) atoms. The Morgan fingerprint density at radius 3 is 2.48 bits per heavy atom. The van der Waals surface area contributed by atoms with E-state index in [0.29, 0.717) is 17.8 Å². The van der Waals surface area contributed by atoms with Crippen molar-refractivity contribution in [1.82, 2.24) is 0 Å². The number of rotatable bonds is 5. The predicted octanol–water partition coefficient (Wildman–Crippen LogP) is 2.53. The number of anilines is 2. The highest BCUT2D eigenvalue weighted by molar-refractivity contribution is 6.09. The summed E-state index contributed by atoms with van der Waals surface area (Å²) >= 11 is 0. The summed E-state index contributed by atoms with van der Waals surface area (Å²) < 4.78 is 0. The number of carbonyl (C=O) groups excluding carboxylic acids is 1. The molecule has 2 rings (SSSR count). The standard InChI is InChI=1S/C16H16N4O/c17-11-6-12-20(13-7-2-1-3-8-13)16(21)14-9-4-5-10-15(14)19-18/h1-5,7-10,19H,6,12,18H2. The summed E-state index contributed by atoms with van der Waals surface area (Å²) in [5.41, 5.74) is 4.31. The van der Waals surface area contributed by atoms with E-state index in [4.69, 9.17) is 11.1 Å². The van der Waals surface area contributed by atoms with E-state index in [0.717, 1.165) is 5.69 Å². The molecule has 0 atom stereocenters. The molecule has 0 aromatic heterocycles. The number of nitrogens with one attached hydrogen (secondary N) is 1. The molecule has 5 nitrogen and oxygen atoms in total. The molecule has 0 unspecified atom stereocenters. The van der Waals surface area contributed by atoms with Gasteiger partial charge >= 0.3 is 0 Å². The molecule has 0 bridgehead atoms. The van der Waals surface area contributed by atoms with Gasteiger partial charge in [0.05, 0.1) is 23.7 Å². The van der Waals surface area contributed by atoms with Crippen molar-refractivity contribution in [2.75, 3.05) is 16.9 Å². The van der Waals surface area contributed by atoms with Crippen molar-refractivity contribution in [2.45, 2.75) is 6.42 Å². The van der Waals surface area contributed by atoms with Crippen LogP contribution >= 0.6 is 0 Å². The lowest BCUT2D eigenvalue weighted by Gasteiger charge is -2.23. The summed E-state index contributed by atoms with van der Waals surface area (Å²) in [5, 5.41) is 8.79. The van der Waals surface area contributed by atoms with Gasteiger partial charge < -0.3 is 10.3 Å². The van der Waals surface area contributed by atoms with Gasteiger partial charge in [-0.1, -0.05) is 30.3 Å². The van der Waals surface area contributed by atoms with Crippen LogP contribution in [0.1, 0.15) is 16.8 Å². The number of carbonyl (C=O) groups is 1. The summed E-state index contributed by atoms with van der Waals surface area (Å²) in [6.45, 7) is 0.332. The fourth-order valence-electron chi connectivity index (χ4n) is 2.06. The second-order valence-corrected chi connectivity index (χ2v) is 4.39. The Morgan fingerprint density at radius 1 is 1.14 bits per heavy atom. The average molecular weight is 280 g/mol. The Kier molecular flexibility index (Phi) is 4.91. The molecule has 3 N–H and O–H groups in total. The molecule has 0 saturated heterocycles. The maximum absolute atomic E-state index is 12.8. The third-order valence-corrected chi connectivity index (χ3v) is 3.07. The number of nitrogens with zero attached hydrogens (tertiary/aromatic N) is 2. The van der Waals surface area contributed by atoms with Gasteiger partial charge in [0.2, 0.25) is 0 Å². The molecule has 5 heteroatoms. The van der Waals surface area contributed by atoms with Crippen LogP contribution in [0.2, 0.25) is 0 Å². The van der Waals surface area contributed by atoms with Crippen molar-refractivity contribution in [3.05, 3.63) is 60.2 Å². The lowest BCUT2D eigenvalue weighted by Crippen LogP contribution is -2.32. The molecule has 0 radical (unpaired) electrons. The quantitative estimate of drug-likeness (QED) is 0.651. The normalized spacial score (nSPS) is 9.71. The van der Waals surface area contributed by atoms with Gasteiger partial charge in [-0.15, -0.1) is 0 Å². The van der Waals surface area contributed by atoms with Gasteiger partial charge in [-0.2, -0.15) is 5.26 Å². The number of nitrogens with two attached hydrogens (primary N) is 1. The number of amides is 1. The minimum Gasteiger partial charge on any atom is -0.323 e. The van der Waals surface area contributed by atoms with E-state index in [9.17, 15) is 4.79 Å². The Balaban J connectivity index is 2.37. The Hall–Kier alpha value is -2.84. The van der Waals surface area contributed by atoms with Crippen LogP contribution in [-0.2, 0) is 0 Å². The number of para-hydroxylation sites is 2. The predicted molar refractivity (Wildman–Crippen MR) is 82.6 cm³/mol. The third kappa shape index (κ3) is 3.38. The Morgan fingerprint density at radius 2 is 1.81 bits per heavy atom. The Labute approximate surface area is 123 Å². The van der Waals surface area contributed by atoms with Gasteiger partial charge in [0.25, 0.3) is 5.91 Å². The summed E-state index contributed by atoms with van der Waals surface area (Å²) in [6, 6.07) is 18.4. The molecule has 0 aliphatic heterocycles. The van der Waals surface area contributed by atoms with Crippen molar-refractivity contribution >= 4 is 17.3 Å². The van der Waals surface area contributed by atoms with Gasteiger partial charge in [0.15, 0.2) is 0 Å². The monoisotopic (exact) mass is 280 g/mol. The highest BCUT2D eigenvalue weighted by Crippen LogP contribution is 2.21. The molecule has 0 spiro atoms. The first kappa shape index (κ1) is 14.6. The van der Waals surface area contributed by atoms with E-state index < -0.39 is 0 Å². The van der Waals surface area contributed by atoms with Crippen molar-refractivity contribution in [3.8, 4) is 6.07 Å².